The summed E-state index contributed by atoms with van der Waals surface area (Å²) in [7, 11) is 1.56. The van der Waals surface area contributed by atoms with Crippen LogP contribution in [0.25, 0.3) is 0 Å². The van der Waals surface area contributed by atoms with Gasteiger partial charge in [-0.15, -0.1) is 10.2 Å². The summed E-state index contributed by atoms with van der Waals surface area (Å²) in [5, 5.41) is 8.02. The van der Waals surface area contributed by atoms with Crippen molar-refractivity contribution in [3.05, 3.63) is 77.9 Å². The fourth-order valence-corrected chi connectivity index (χ4v) is 3.75. The summed E-state index contributed by atoms with van der Waals surface area (Å²) in [6, 6.07) is 15.8. The minimum Gasteiger partial charge on any atom is -0.497 e. The monoisotopic (exact) mass is 412 g/mol. The highest BCUT2D eigenvalue weighted by atomic mass is 19.3. The van der Waals surface area contributed by atoms with Crippen molar-refractivity contribution in [2.45, 2.75) is 31.4 Å². The number of likely N-dealkylation sites (tertiary alicyclic amines) is 1. The lowest BCUT2D eigenvalue weighted by atomic mass is 10.1. The molecule has 0 aliphatic carbocycles. The predicted octanol–water partition coefficient (Wildman–Crippen LogP) is 3.49. The smallest absolute Gasteiger partial charge is 0.267 e. The normalized spacial score (nSPS) is 17.8. The van der Waals surface area contributed by atoms with E-state index in [1.54, 1.807) is 35.9 Å². The number of rotatable bonds is 6. The Morgan fingerprint density at radius 3 is 2.57 bits per heavy atom. The van der Waals surface area contributed by atoms with Gasteiger partial charge in [-0.05, 0) is 23.3 Å². The van der Waals surface area contributed by atoms with Crippen molar-refractivity contribution in [3.8, 4) is 5.75 Å². The molecule has 3 aromatic rings. The number of carbonyl (C=O) groups excluding carboxylic acids is 1. The molecule has 1 aliphatic rings. The first-order valence-corrected chi connectivity index (χ1v) is 9.67. The van der Waals surface area contributed by atoms with Gasteiger partial charge in [0.05, 0.1) is 32.7 Å². The van der Waals surface area contributed by atoms with E-state index in [0.717, 1.165) is 11.1 Å². The van der Waals surface area contributed by atoms with Crippen molar-refractivity contribution < 1.29 is 18.3 Å². The largest absolute Gasteiger partial charge is 0.497 e. The zero-order valence-corrected chi connectivity index (χ0v) is 16.5. The highest BCUT2D eigenvalue weighted by Gasteiger charge is 2.49. The second-order valence-corrected chi connectivity index (χ2v) is 7.43. The van der Waals surface area contributed by atoms with Crippen LogP contribution in [-0.4, -0.2) is 45.1 Å². The van der Waals surface area contributed by atoms with Gasteiger partial charge in [0.15, 0.2) is 5.82 Å². The molecule has 4 rings (SSSR count). The van der Waals surface area contributed by atoms with Gasteiger partial charge in [0, 0.05) is 6.42 Å². The molecule has 2 heterocycles. The molecule has 1 fully saturated rings. The molecule has 1 atom stereocenters. The maximum atomic E-state index is 14.3. The fraction of sp³-hybridized carbons (Fsp3) is 0.318. The predicted molar refractivity (Wildman–Crippen MR) is 106 cm³/mol. The molecule has 30 heavy (non-hydrogen) atoms. The first-order valence-electron chi connectivity index (χ1n) is 9.67. The molecule has 1 aliphatic heterocycles. The lowest BCUT2D eigenvalue weighted by molar-refractivity contribution is -0.132. The van der Waals surface area contributed by atoms with Crippen LogP contribution in [0.3, 0.4) is 0 Å². The van der Waals surface area contributed by atoms with Crippen LogP contribution in [-0.2, 0) is 17.8 Å². The first-order chi connectivity index (χ1) is 14.4. The van der Waals surface area contributed by atoms with Gasteiger partial charge in [0.25, 0.3) is 5.92 Å². The summed E-state index contributed by atoms with van der Waals surface area (Å²) in [5.41, 5.74) is 1.74. The number of methoxy groups -OCH3 is 1. The standard InChI is InChI=1S/C22H22F2N4O2/c1-30-18-9-7-16(8-10-18)11-20(29)28-14-22(23,24)12-19(28)21-26-25-15-27(21)13-17-5-3-2-4-6-17/h2-10,15,19H,11-14H2,1H3/t19-/m0/s1. The topological polar surface area (TPSA) is 60.2 Å². The van der Waals surface area contributed by atoms with Crippen molar-refractivity contribution >= 4 is 5.91 Å². The molecule has 6 nitrogen and oxygen atoms in total. The van der Waals surface area contributed by atoms with E-state index >= 15 is 0 Å². The van der Waals surface area contributed by atoms with Crippen LogP contribution in [0.1, 0.15) is 29.4 Å². The van der Waals surface area contributed by atoms with E-state index in [-0.39, 0.29) is 12.3 Å². The number of amides is 1. The van der Waals surface area contributed by atoms with E-state index in [1.165, 1.54) is 11.2 Å². The molecule has 1 amide bonds. The van der Waals surface area contributed by atoms with E-state index < -0.39 is 24.9 Å². The Labute approximate surface area is 173 Å². The minimum absolute atomic E-state index is 0.0311. The Kier molecular flexibility index (Phi) is 5.48. The van der Waals surface area contributed by atoms with Gasteiger partial charge in [-0.25, -0.2) is 8.78 Å². The molecule has 156 valence electrons. The summed E-state index contributed by atoms with van der Waals surface area (Å²) in [4.78, 5) is 14.2. The molecule has 0 saturated carbocycles. The third-order valence-corrected chi connectivity index (χ3v) is 5.24. The Hall–Kier alpha value is -3.29. The number of alkyl halides is 2. The summed E-state index contributed by atoms with van der Waals surface area (Å²) in [6.45, 7) is -0.170. The molecular formula is C22H22F2N4O2. The zero-order valence-electron chi connectivity index (χ0n) is 16.5. The van der Waals surface area contributed by atoms with E-state index in [1.807, 2.05) is 30.3 Å². The second-order valence-electron chi connectivity index (χ2n) is 7.43. The summed E-state index contributed by atoms with van der Waals surface area (Å²) >= 11 is 0. The number of nitrogens with zero attached hydrogens (tertiary/aromatic N) is 4. The third kappa shape index (κ3) is 4.32. The Balaban J connectivity index is 1.56. The van der Waals surface area contributed by atoms with Crippen LogP contribution in [0.5, 0.6) is 5.75 Å². The van der Waals surface area contributed by atoms with Crippen LogP contribution in [0.2, 0.25) is 0 Å². The van der Waals surface area contributed by atoms with Gasteiger partial charge in [-0.2, -0.15) is 0 Å². The van der Waals surface area contributed by atoms with Crippen molar-refractivity contribution in [1.82, 2.24) is 19.7 Å². The number of halogens is 2. The maximum Gasteiger partial charge on any atom is 0.267 e. The Morgan fingerprint density at radius 1 is 1.13 bits per heavy atom. The summed E-state index contributed by atoms with van der Waals surface area (Å²) in [6.07, 6.45) is 1.09. The van der Waals surface area contributed by atoms with Gasteiger partial charge >= 0.3 is 0 Å². The molecule has 1 saturated heterocycles. The van der Waals surface area contributed by atoms with Crippen LogP contribution in [0, 0.1) is 0 Å². The molecule has 2 aromatic carbocycles. The van der Waals surface area contributed by atoms with E-state index in [0.29, 0.717) is 18.1 Å². The summed E-state index contributed by atoms with van der Waals surface area (Å²) < 4.78 is 35.5. The van der Waals surface area contributed by atoms with Crippen LogP contribution in [0.4, 0.5) is 8.78 Å². The van der Waals surface area contributed by atoms with Crippen molar-refractivity contribution in [2.75, 3.05) is 13.7 Å². The molecule has 0 radical (unpaired) electrons. The minimum atomic E-state index is -2.97. The number of hydrogen-bond donors (Lipinski definition) is 0. The number of aromatic nitrogens is 3. The van der Waals surface area contributed by atoms with E-state index in [9.17, 15) is 13.6 Å². The number of hydrogen-bond acceptors (Lipinski definition) is 4. The number of carbonyl (C=O) groups is 1. The fourth-order valence-electron chi connectivity index (χ4n) is 3.75. The average molecular weight is 412 g/mol. The van der Waals surface area contributed by atoms with Crippen molar-refractivity contribution in [1.29, 1.82) is 0 Å². The first kappa shape index (κ1) is 20.0. The lowest BCUT2D eigenvalue weighted by Crippen LogP contribution is -2.35. The highest BCUT2D eigenvalue weighted by Crippen LogP contribution is 2.40. The number of ether oxygens (including phenoxy) is 1. The van der Waals surface area contributed by atoms with Gasteiger partial charge < -0.3 is 14.2 Å². The molecule has 0 bridgehead atoms. The van der Waals surface area contributed by atoms with Gasteiger partial charge in [-0.1, -0.05) is 42.5 Å². The van der Waals surface area contributed by atoms with E-state index in [4.69, 9.17) is 4.74 Å². The highest BCUT2D eigenvalue weighted by molar-refractivity contribution is 5.79. The summed E-state index contributed by atoms with van der Waals surface area (Å²) in [5.74, 6) is -2.29. The third-order valence-electron chi connectivity index (χ3n) is 5.24. The molecular weight excluding hydrogens is 390 g/mol. The SMILES string of the molecule is COc1ccc(CC(=O)N2CC(F)(F)C[C@H]2c2nncn2Cc2ccccc2)cc1. The molecule has 0 unspecified atom stereocenters. The van der Waals surface area contributed by atoms with Crippen LogP contribution >= 0.6 is 0 Å². The van der Waals surface area contributed by atoms with Gasteiger partial charge in [-0.3, -0.25) is 4.79 Å². The lowest BCUT2D eigenvalue weighted by Gasteiger charge is -2.24. The van der Waals surface area contributed by atoms with Gasteiger partial charge in [0.1, 0.15) is 12.1 Å². The molecule has 1 aromatic heterocycles. The maximum absolute atomic E-state index is 14.3. The zero-order chi connectivity index (χ0) is 21.1. The van der Waals surface area contributed by atoms with Crippen LogP contribution in [0.15, 0.2) is 60.9 Å². The Bertz CT molecular complexity index is 1010. The molecule has 8 heteroatoms. The Morgan fingerprint density at radius 2 is 1.87 bits per heavy atom. The average Bonchev–Trinajstić information content (AvgIpc) is 3.32. The van der Waals surface area contributed by atoms with Gasteiger partial charge in [0.2, 0.25) is 5.91 Å². The quantitative estimate of drug-likeness (QED) is 0.622. The number of benzene rings is 2. The van der Waals surface area contributed by atoms with Crippen molar-refractivity contribution in [3.63, 3.8) is 0 Å². The van der Waals surface area contributed by atoms with E-state index in [2.05, 4.69) is 10.2 Å². The second kappa shape index (κ2) is 8.22. The van der Waals surface area contributed by atoms with Crippen LogP contribution < -0.4 is 4.74 Å². The van der Waals surface area contributed by atoms with Crippen molar-refractivity contribution in [2.24, 2.45) is 0 Å². The molecule has 0 spiro atoms. The molecule has 0 N–H and O–H groups in total.